The molecule has 0 aliphatic carbocycles. The molecule has 3 amide bonds. The van der Waals surface area contributed by atoms with Crippen molar-refractivity contribution < 1.29 is 14.1 Å². The molecular formula is C13H13N3O3S. The molecule has 104 valence electrons. The Labute approximate surface area is 119 Å². The molecule has 3 rings (SSSR count). The van der Waals surface area contributed by atoms with Crippen molar-refractivity contribution in [2.45, 2.75) is 19.5 Å². The number of rotatable bonds is 4. The molecule has 0 atom stereocenters. The molecule has 20 heavy (non-hydrogen) atoms. The third kappa shape index (κ3) is 2.57. The minimum Gasteiger partial charge on any atom is -0.364 e. The van der Waals surface area contributed by atoms with E-state index in [9.17, 15) is 9.59 Å². The van der Waals surface area contributed by atoms with E-state index in [4.69, 9.17) is 4.52 Å². The van der Waals surface area contributed by atoms with Gasteiger partial charge in [0, 0.05) is 23.9 Å². The summed E-state index contributed by atoms with van der Waals surface area (Å²) in [5, 5.41) is 5.72. The maximum absolute atomic E-state index is 12.4. The van der Waals surface area contributed by atoms with Crippen LogP contribution in [-0.2, 0) is 17.9 Å². The van der Waals surface area contributed by atoms with Crippen LogP contribution in [0.1, 0.15) is 17.0 Å². The zero-order valence-corrected chi connectivity index (χ0v) is 11.5. The van der Waals surface area contributed by atoms with Gasteiger partial charge in [-0.25, -0.2) is 4.79 Å². The fourth-order valence-electron chi connectivity index (χ4n) is 2.11. The van der Waals surface area contributed by atoms with E-state index in [-0.39, 0.29) is 18.5 Å². The second-order valence-electron chi connectivity index (χ2n) is 4.50. The van der Waals surface area contributed by atoms with Gasteiger partial charge in [-0.2, -0.15) is 0 Å². The van der Waals surface area contributed by atoms with Crippen molar-refractivity contribution in [2.75, 3.05) is 6.54 Å². The topological polar surface area (TPSA) is 66.7 Å². The van der Waals surface area contributed by atoms with Crippen molar-refractivity contribution in [2.24, 2.45) is 0 Å². The van der Waals surface area contributed by atoms with E-state index in [1.807, 2.05) is 17.5 Å². The molecule has 0 unspecified atom stereocenters. The quantitative estimate of drug-likeness (QED) is 0.865. The Balaban J connectivity index is 1.72. The number of amides is 3. The Morgan fingerprint density at radius 3 is 2.90 bits per heavy atom. The minimum absolute atomic E-state index is 0.162. The number of hydrogen-bond acceptors (Lipinski definition) is 5. The highest BCUT2D eigenvalue weighted by Gasteiger charge is 2.32. The first-order valence-corrected chi connectivity index (χ1v) is 7.13. The van der Waals surface area contributed by atoms with Crippen LogP contribution in [0, 0.1) is 0 Å². The molecule has 3 heterocycles. The summed E-state index contributed by atoms with van der Waals surface area (Å²) in [5.41, 5.74) is 0.574. The van der Waals surface area contributed by atoms with Crippen molar-refractivity contribution >= 4 is 23.3 Å². The summed E-state index contributed by atoms with van der Waals surface area (Å²) in [4.78, 5) is 28.3. The summed E-state index contributed by atoms with van der Waals surface area (Å²) in [5.74, 6) is -0.166. The first kappa shape index (κ1) is 12.9. The molecule has 2 aromatic heterocycles. The van der Waals surface area contributed by atoms with Gasteiger partial charge in [0.1, 0.15) is 12.0 Å². The van der Waals surface area contributed by atoms with Gasteiger partial charge < -0.3 is 9.42 Å². The van der Waals surface area contributed by atoms with Crippen molar-refractivity contribution in [1.82, 2.24) is 15.0 Å². The Morgan fingerprint density at radius 2 is 2.20 bits per heavy atom. The van der Waals surface area contributed by atoms with E-state index in [2.05, 4.69) is 5.16 Å². The number of nitrogens with zero attached hydrogens (tertiary/aromatic N) is 3. The van der Waals surface area contributed by atoms with E-state index < -0.39 is 0 Å². The van der Waals surface area contributed by atoms with Gasteiger partial charge >= 0.3 is 6.03 Å². The molecular weight excluding hydrogens is 278 g/mol. The molecule has 0 saturated carbocycles. The second kappa shape index (κ2) is 5.46. The average Bonchev–Trinajstić information content (AvgIpc) is 3.11. The zero-order chi connectivity index (χ0) is 13.9. The van der Waals surface area contributed by atoms with Gasteiger partial charge in [-0.1, -0.05) is 11.2 Å². The van der Waals surface area contributed by atoms with Crippen molar-refractivity contribution in [3.05, 3.63) is 40.4 Å². The number of hydrogen-bond donors (Lipinski definition) is 0. The number of carbonyl (C=O) groups excluding carboxylic acids is 2. The molecule has 2 aromatic rings. The third-order valence-corrected chi connectivity index (χ3v) is 4.00. The first-order valence-electron chi connectivity index (χ1n) is 6.25. The molecule has 1 aliphatic heterocycles. The van der Waals surface area contributed by atoms with Gasteiger partial charge in [0.2, 0.25) is 5.91 Å². The molecule has 0 N–H and O–H groups in total. The van der Waals surface area contributed by atoms with Crippen LogP contribution in [0.4, 0.5) is 4.79 Å². The Morgan fingerprint density at radius 1 is 1.30 bits per heavy atom. The van der Waals surface area contributed by atoms with Gasteiger partial charge in [0.25, 0.3) is 0 Å². The lowest BCUT2D eigenvalue weighted by Crippen LogP contribution is -2.51. The lowest BCUT2D eigenvalue weighted by atomic mass is 10.2. The van der Waals surface area contributed by atoms with Gasteiger partial charge in [-0.05, 0) is 11.4 Å². The fraction of sp³-hybridized carbons (Fsp3) is 0.308. The number of imide groups is 1. The van der Waals surface area contributed by atoms with Crippen LogP contribution in [0.5, 0.6) is 0 Å². The van der Waals surface area contributed by atoms with E-state index in [0.29, 0.717) is 25.2 Å². The van der Waals surface area contributed by atoms with Crippen molar-refractivity contribution in [3.63, 3.8) is 0 Å². The second-order valence-corrected chi connectivity index (χ2v) is 5.54. The number of carbonyl (C=O) groups is 2. The van der Waals surface area contributed by atoms with Crippen LogP contribution in [0.15, 0.2) is 34.4 Å². The minimum atomic E-state index is -0.266. The highest BCUT2D eigenvalue weighted by molar-refractivity contribution is 7.09. The SMILES string of the molecule is O=C1CCN(Cc2cccs2)C(=O)N1Cc1ccon1. The monoisotopic (exact) mass is 291 g/mol. The normalized spacial score (nSPS) is 16.0. The fourth-order valence-corrected chi connectivity index (χ4v) is 2.83. The molecule has 1 aliphatic rings. The molecule has 0 radical (unpaired) electrons. The summed E-state index contributed by atoms with van der Waals surface area (Å²) in [6.07, 6.45) is 1.77. The molecule has 0 bridgehead atoms. The molecule has 0 aromatic carbocycles. The molecule has 1 fully saturated rings. The van der Waals surface area contributed by atoms with Gasteiger partial charge in [-0.15, -0.1) is 11.3 Å². The van der Waals surface area contributed by atoms with E-state index in [0.717, 1.165) is 4.88 Å². The predicted molar refractivity (Wildman–Crippen MR) is 71.8 cm³/mol. The summed E-state index contributed by atoms with van der Waals surface area (Å²) in [6.45, 7) is 1.17. The van der Waals surface area contributed by atoms with Crippen LogP contribution < -0.4 is 0 Å². The largest absolute Gasteiger partial charge is 0.364 e. The lowest BCUT2D eigenvalue weighted by Gasteiger charge is -2.33. The first-order chi connectivity index (χ1) is 9.74. The highest BCUT2D eigenvalue weighted by Crippen LogP contribution is 2.18. The maximum atomic E-state index is 12.4. The predicted octanol–water partition coefficient (Wildman–Crippen LogP) is 2.09. The molecule has 1 saturated heterocycles. The summed E-state index contributed by atoms with van der Waals surface area (Å²) < 4.78 is 4.73. The van der Waals surface area contributed by atoms with Crippen LogP contribution in [0.2, 0.25) is 0 Å². The van der Waals surface area contributed by atoms with Crippen LogP contribution in [0.25, 0.3) is 0 Å². The molecule has 0 spiro atoms. The lowest BCUT2D eigenvalue weighted by molar-refractivity contribution is -0.131. The number of aromatic nitrogens is 1. The Hall–Kier alpha value is -2.15. The van der Waals surface area contributed by atoms with E-state index >= 15 is 0 Å². The Bertz CT molecular complexity index is 594. The maximum Gasteiger partial charge on any atom is 0.327 e. The third-order valence-electron chi connectivity index (χ3n) is 3.14. The number of urea groups is 1. The van der Waals surface area contributed by atoms with Gasteiger partial charge in [0.15, 0.2) is 0 Å². The van der Waals surface area contributed by atoms with Gasteiger partial charge in [-0.3, -0.25) is 9.69 Å². The average molecular weight is 291 g/mol. The smallest absolute Gasteiger partial charge is 0.327 e. The van der Waals surface area contributed by atoms with Crippen LogP contribution in [0.3, 0.4) is 0 Å². The standard InChI is InChI=1S/C13H13N3O3S/c17-12-3-5-15(9-11-2-1-7-20-11)13(18)16(12)8-10-4-6-19-14-10/h1-2,4,6-7H,3,5,8-9H2. The Kier molecular flexibility index (Phi) is 3.51. The zero-order valence-electron chi connectivity index (χ0n) is 10.7. The van der Waals surface area contributed by atoms with Crippen LogP contribution >= 0.6 is 11.3 Å². The summed E-state index contributed by atoms with van der Waals surface area (Å²) >= 11 is 1.60. The summed E-state index contributed by atoms with van der Waals surface area (Å²) in [7, 11) is 0. The molecule has 6 nitrogen and oxygen atoms in total. The summed E-state index contributed by atoms with van der Waals surface area (Å²) in [6, 6.07) is 5.32. The van der Waals surface area contributed by atoms with Crippen molar-refractivity contribution in [1.29, 1.82) is 0 Å². The number of thiophene rings is 1. The van der Waals surface area contributed by atoms with E-state index in [1.54, 1.807) is 22.3 Å². The highest BCUT2D eigenvalue weighted by atomic mass is 32.1. The van der Waals surface area contributed by atoms with E-state index in [1.165, 1.54) is 11.2 Å². The van der Waals surface area contributed by atoms with Crippen molar-refractivity contribution in [3.8, 4) is 0 Å². The van der Waals surface area contributed by atoms with Gasteiger partial charge in [0.05, 0.1) is 13.1 Å². The van der Waals surface area contributed by atoms with Crippen LogP contribution in [-0.4, -0.2) is 33.4 Å². The molecule has 7 heteroatoms.